The van der Waals surface area contributed by atoms with E-state index >= 15 is 0 Å². The average molecular weight is 650 g/mol. The Morgan fingerprint density at radius 1 is 1.09 bits per heavy atom. The smallest absolute Gasteiger partial charge is 0.408 e. The van der Waals surface area contributed by atoms with Crippen molar-refractivity contribution in [3.05, 3.63) is 45.1 Å². The van der Waals surface area contributed by atoms with Gasteiger partial charge in [-0.15, -0.1) is 0 Å². The molecule has 0 spiro atoms. The number of nitriles is 1. The Labute approximate surface area is 274 Å². The number of phenolic OH excluding ortho intramolecular Hbond substituents is 3. The van der Waals surface area contributed by atoms with Crippen LogP contribution in [0, 0.1) is 25.2 Å². The highest BCUT2D eigenvalue weighted by Gasteiger charge is 2.53. The SMILES string of the molecule is COc1c(C)cc2c(c1O)[C@@H]1C3=Cc4c(O)c(C)c(OC)c(O)c4[C@H](CNC(=O)[C@H](C)NC(=O)OC(C)(C)C)N3C(C#N)[C@H](C2)N1C. The number of alkyl carbamates (subject to hydrolysis) is 1. The quantitative estimate of drug-likeness (QED) is 0.289. The Kier molecular flexibility index (Phi) is 8.62. The van der Waals surface area contributed by atoms with Crippen LogP contribution in [0.5, 0.6) is 28.7 Å². The summed E-state index contributed by atoms with van der Waals surface area (Å²) in [4.78, 5) is 29.6. The summed E-state index contributed by atoms with van der Waals surface area (Å²) in [5.74, 6) is -0.475. The number of likely N-dealkylation sites (N-methyl/N-ethyl adjacent to an activating group) is 1. The molecule has 0 saturated carbocycles. The number of hydrogen-bond acceptors (Lipinski definition) is 11. The van der Waals surface area contributed by atoms with Crippen LogP contribution in [0.3, 0.4) is 0 Å². The molecule has 13 heteroatoms. The fourth-order valence-electron chi connectivity index (χ4n) is 7.20. The summed E-state index contributed by atoms with van der Waals surface area (Å²) in [6, 6.07) is 0.932. The minimum atomic E-state index is -0.976. The molecule has 2 aromatic rings. The van der Waals surface area contributed by atoms with E-state index in [9.17, 15) is 30.2 Å². The fraction of sp³-hybridized carbons (Fsp3) is 0.500. The van der Waals surface area contributed by atoms with E-state index in [1.165, 1.54) is 21.1 Å². The molecule has 5 rings (SSSR count). The Bertz CT molecular complexity index is 1710. The van der Waals surface area contributed by atoms with Crippen LogP contribution in [0.15, 0.2) is 11.8 Å². The van der Waals surface area contributed by atoms with E-state index < -0.39 is 41.8 Å². The number of carbonyl (C=O) groups is 2. The van der Waals surface area contributed by atoms with E-state index in [0.29, 0.717) is 34.6 Å². The van der Waals surface area contributed by atoms with Gasteiger partial charge in [0.25, 0.3) is 0 Å². The van der Waals surface area contributed by atoms with Crippen LogP contribution in [-0.2, 0) is 16.0 Å². The number of aryl methyl sites for hydroxylation is 1. The topological polar surface area (TPSA) is 177 Å². The van der Waals surface area contributed by atoms with Gasteiger partial charge in [-0.1, -0.05) is 6.07 Å². The number of nitrogens with one attached hydrogen (secondary N) is 2. The van der Waals surface area contributed by atoms with E-state index in [1.807, 2.05) is 29.8 Å². The number of piperazine rings is 1. The summed E-state index contributed by atoms with van der Waals surface area (Å²) >= 11 is 0. The third-order valence-corrected chi connectivity index (χ3v) is 9.25. The Hall–Kier alpha value is -4.83. The van der Waals surface area contributed by atoms with Crippen molar-refractivity contribution in [2.24, 2.45) is 0 Å². The molecule has 13 nitrogen and oxygen atoms in total. The van der Waals surface area contributed by atoms with Crippen LogP contribution in [0.25, 0.3) is 6.08 Å². The van der Waals surface area contributed by atoms with Crippen LogP contribution in [-0.4, -0.2) is 88.7 Å². The minimum absolute atomic E-state index is 0.00951. The van der Waals surface area contributed by atoms with Gasteiger partial charge in [-0.3, -0.25) is 9.69 Å². The maximum absolute atomic E-state index is 13.3. The second-order valence-corrected chi connectivity index (χ2v) is 13.3. The van der Waals surface area contributed by atoms with Crippen molar-refractivity contribution < 1.29 is 39.1 Å². The van der Waals surface area contributed by atoms with Gasteiger partial charge in [0.1, 0.15) is 23.4 Å². The van der Waals surface area contributed by atoms with Crippen molar-refractivity contribution in [3.63, 3.8) is 0 Å². The first-order valence-electron chi connectivity index (χ1n) is 15.5. The second-order valence-electron chi connectivity index (χ2n) is 13.3. The van der Waals surface area contributed by atoms with Crippen LogP contribution in [0.2, 0.25) is 0 Å². The molecule has 0 aliphatic carbocycles. The third-order valence-electron chi connectivity index (χ3n) is 9.25. The molecule has 0 aromatic heterocycles. The summed E-state index contributed by atoms with van der Waals surface area (Å²) in [5, 5.41) is 50.7. The molecule has 5 atom stereocenters. The molecule has 252 valence electrons. The number of nitrogens with zero attached hydrogens (tertiary/aromatic N) is 3. The van der Waals surface area contributed by atoms with E-state index in [-0.39, 0.29) is 41.1 Å². The molecule has 3 aliphatic rings. The van der Waals surface area contributed by atoms with Gasteiger partial charge in [0.05, 0.1) is 32.4 Å². The van der Waals surface area contributed by atoms with Crippen molar-refractivity contribution in [3.8, 4) is 34.8 Å². The molecule has 2 bridgehead atoms. The molecular formula is C34H43N5O8. The van der Waals surface area contributed by atoms with Gasteiger partial charge in [-0.25, -0.2) is 4.79 Å². The first-order chi connectivity index (χ1) is 22.1. The van der Waals surface area contributed by atoms with Crippen molar-refractivity contribution in [1.29, 1.82) is 5.26 Å². The largest absolute Gasteiger partial charge is 0.507 e. The van der Waals surface area contributed by atoms with Crippen molar-refractivity contribution in [2.45, 2.75) is 83.8 Å². The highest BCUT2D eigenvalue weighted by molar-refractivity contribution is 5.85. The van der Waals surface area contributed by atoms with Crippen LogP contribution in [0.1, 0.15) is 73.2 Å². The third kappa shape index (κ3) is 5.50. The van der Waals surface area contributed by atoms with Gasteiger partial charge >= 0.3 is 6.09 Å². The molecule has 47 heavy (non-hydrogen) atoms. The zero-order valence-corrected chi connectivity index (χ0v) is 28.2. The van der Waals surface area contributed by atoms with E-state index in [1.54, 1.807) is 33.8 Å². The predicted octanol–water partition coefficient (Wildman–Crippen LogP) is 3.67. The molecule has 5 N–H and O–H groups in total. The number of methoxy groups -OCH3 is 2. The zero-order chi connectivity index (χ0) is 34.7. The maximum atomic E-state index is 13.3. The zero-order valence-electron chi connectivity index (χ0n) is 28.2. The van der Waals surface area contributed by atoms with Gasteiger partial charge in [-0.2, -0.15) is 5.26 Å². The number of phenols is 3. The summed E-state index contributed by atoms with van der Waals surface area (Å²) in [7, 11) is 4.76. The first kappa shape index (κ1) is 33.5. The molecular weight excluding hydrogens is 606 g/mol. The van der Waals surface area contributed by atoms with Crippen molar-refractivity contribution in [2.75, 3.05) is 27.8 Å². The minimum Gasteiger partial charge on any atom is -0.507 e. The number of aromatic hydroxyl groups is 3. The molecule has 0 radical (unpaired) electrons. The number of carbonyl (C=O) groups excluding carboxylic acids is 2. The lowest BCUT2D eigenvalue weighted by atomic mass is 9.75. The normalized spacial score (nSPS) is 22.0. The number of fused-ring (bicyclic) bond motifs is 7. The number of benzene rings is 2. The second kappa shape index (κ2) is 12.1. The average Bonchev–Trinajstić information content (AvgIpc) is 2.98. The Morgan fingerprint density at radius 3 is 2.32 bits per heavy atom. The highest BCUT2D eigenvalue weighted by Crippen LogP contribution is 2.58. The van der Waals surface area contributed by atoms with Crippen LogP contribution >= 0.6 is 0 Å². The van der Waals surface area contributed by atoms with Gasteiger partial charge in [0.15, 0.2) is 23.0 Å². The number of ether oxygens (including phenoxy) is 3. The van der Waals surface area contributed by atoms with E-state index in [2.05, 4.69) is 16.7 Å². The number of hydrogen-bond donors (Lipinski definition) is 5. The number of amides is 2. The Morgan fingerprint density at radius 2 is 1.72 bits per heavy atom. The lowest BCUT2D eigenvalue weighted by Gasteiger charge is -2.57. The Balaban J connectivity index is 1.64. The summed E-state index contributed by atoms with van der Waals surface area (Å²) < 4.78 is 16.3. The van der Waals surface area contributed by atoms with Crippen LogP contribution < -0.4 is 20.1 Å². The van der Waals surface area contributed by atoms with Gasteiger partial charge in [-0.05, 0) is 72.2 Å². The summed E-state index contributed by atoms with van der Waals surface area (Å²) in [6.45, 7) is 10.0. The molecule has 3 aliphatic heterocycles. The standard InChI is InChI=1S/C34H43N5O8/c1-15-10-18-11-20-22(13-35)39-21(26(38(20)7)24(18)28(41)30(15)45-8)12-19-25(29(42)31(46-9)16(2)27(19)40)23(39)14-36-32(43)17(3)37-33(44)47-34(4,5)6/h10,12,17,20,22-23,26,40-42H,11,14H2,1-9H3,(H,36,43)(H,37,44)/t17-,20-,22?,23-,26-/m0/s1. The van der Waals surface area contributed by atoms with E-state index in [4.69, 9.17) is 14.2 Å². The molecule has 1 saturated heterocycles. The lowest BCUT2D eigenvalue weighted by Crippen LogP contribution is -2.62. The number of rotatable bonds is 6. The van der Waals surface area contributed by atoms with Crippen molar-refractivity contribution in [1.82, 2.24) is 20.4 Å². The van der Waals surface area contributed by atoms with Crippen LogP contribution in [0.4, 0.5) is 4.79 Å². The first-order valence-corrected chi connectivity index (χ1v) is 15.5. The molecule has 2 aromatic carbocycles. The maximum Gasteiger partial charge on any atom is 0.408 e. The van der Waals surface area contributed by atoms with E-state index in [0.717, 1.165) is 11.1 Å². The molecule has 3 heterocycles. The monoisotopic (exact) mass is 649 g/mol. The summed E-state index contributed by atoms with van der Waals surface area (Å²) in [6.07, 6.45) is 1.42. The molecule has 2 amide bonds. The lowest BCUT2D eigenvalue weighted by molar-refractivity contribution is -0.123. The summed E-state index contributed by atoms with van der Waals surface area (Å²) in [5.41, 5.74) is 2.99. The van der Waals surface area contributed by atoms with Gasteiger partial charge < -0.3 is 45.1 Å². The fourth-order valence-corrected chi connectivity index (χ4v) is 7.20. The van der Waals surface area contributed by atoms with Gasteiger partial charge in [0.2, 0.25) is 5.91 Å². The van der Waals surface area contributed by atoms with Crippen molar-refractivity contribution >= 4 is 18.1 Å². The highest BCUT2D eigenvalue weighted by atomic mass is 16.6. The van der Waals surface area contributed by atoms with Gasteiger partial charge in [0, 0.05) is 40.5 Å². The molecule has 1 unspecified atom stereocenters. The predicted molar refractivity (Wildman–Crippen MR) is 172 cm³/mol. The molecule has 1 fully saturated rings.